The first kappa shape index (κ1) is 12.0. The fourth-order valence-electron chi connectivity index (χ4n) is 2.81. The lowest BCUT2D eigenvalue weighted by Gasteiger charge is -2.33. The average molecular weight is 264 g/mol. The molecule has 0 aromatic carbocycles. The summed E-state index contributed by atoms with van der Waals surface area (Å²) in [5, 5.41) is 0. The third-order valence-corrected chi connectivity index (χ3v) is 4.45. The SMILES string of the molecule is Cc1ccnc2c1nc(CCl)n2C(C)C1CCC1. The highest BCUT2D eigenvalue weighted by Gasteiger charge is 2.28. The molecule has 18 heavy (non-hydrogen) atoms. The Morgan fingerprint density at radius 3 is 2.89 bits per heavy atom. The molecule has 0 amide bonds. The Kier molecular flexibility index (Phi) is 3.02. The lowest BCUT2D eigenvalue weighted by Crippen LogP contribution is -2.24. The van der Waals surface area contributed by atoms with Gasteiger partial charge in [0, 0.05) is 12.2 Å². The monoisotopic (exact) mass is 263 g/mol. The number of aromatic nitrogens is 3. The fourth-order valence-corrected chi connectivity index (χ4v) is 3.00. The Hall–Kier alpha value is -1.09. The summed E-state index contributed by atoms with van der Waals surface area (Å²) in [7, 11) is 0. The minimum atomic E-state index is 0.451. The molecule has 2 heterocycles. The zero-order valence-corrected chi connectivity index (χ0v) is 11.6. The summed E-state index contributed by atoms with van der Waals surface area (Å²) in [6, 6.07) is 2.46. The summed E-state index contributed by atoms with van der Waals surface area (Å²) in [6.45, 7) is 4.35. The molecule has 0 aliphatic heterocycles. The second-order valence-electron chi connectivity index (χ2n) is 5.26. The summed E-state index contributed by atoms with van der Waals surface area (Å²) in [4.78, 5) is 9.18. The Morgan fingerprint density at radius 2 is 2.28 bits per heavy atom. The van der Waals surface area contributed by atoms with Crippen molar-refractivity contribution in [3.8, 4) is 0 Å². The number of nitrogens with zero attached hydrogens (tertiary/aromatic N) is 3. The van der Waals surface area contributed by atoms with E-state index in [1.807, 2.05) is 12.3 Å². The molecule has 2 aromatic rings. The standard InChI is InChI=1S/C14H18ClN3/c1-9-6-7-16-14-13(9)17-12(8-15)18(14)10(2)11-4-3-5-11/h6-7,10-11H,3-5,8H2,1-2H3. The summed E-state index contributed by atoms with van der Waals surface area (Å²) >= 11 is 6.05. The van der Waals surface area contributed by atoms with Gasteiger partial charge in [-0.15, -0.1) is 11.6 Å². The molecule has 0 spiro atoms. The van der Waals surface area contributed by atoms with E-state index < -0.39 is 0 Å². The first-order valence-corrected chi connectivity index (χ1v) is 7.14. The predicted octanol–water partition coefficient (Wildman–Crippen LogP) is 3.84. The molecule has 1 aliphatic rings. The van der Waals surface area contributed by atoms with E-state index in [1.54, 1.807) is 0 Å². The van der Waals surface area contributed by atoms with Gasteiger partial charge in [0.15, 0.2) is 5.65 Å². The highest BCUT2D eigenvalue weighted by molar-refractivity contribution is 6.16. The van der Waals surface area contributed by atoms with Crippen LogP contribution in [0.25, 0.3) is 11.2 Å². The molecule has 1 unspecified atom stereocenters. The van der Waals surface area contributed by atoms with Crippen molar-refractivity contribution in [2.24, 2.45) is 5.92 Å². The topological polar surface area (TPSA) is 30.7 Å². The maximum Gasteiger partial charge on any atom is 0.160 e. The first-order valence-electron chi connectivity index (χ1n) is 6.60. The first-order chi connectivity index (χ1) is 8.72. The number of imidazole rings is 1. The van der Waals surface area contributed by atoms with E-state index in [0.717, 1.165) is 22.9 Å². The molecular formula is C14H18ClN3. The van der Waals surface area contributed by atoms with E-state index in [9.17, 15) is 0 Å². The number of pyridine rings is 1. The molecule has 3 nitrogen and oxygen atoms in total. The van der Waals surface area contributed by atoms with Gasteiger partial charge in [-0.1, -0.05) is 6.42 Å². The van der Waals surface area contributed by atoms with Gasteiger partial charge < -0.3 is 4.57 Å². The number of hydrogen-bond acceptors (Lipinski definition) is 2. The molecule has 96 valence electrons. The summed E-state index contributed by atoms with van der Waals surface area (Å²) in [5.41, 5.74) is 3.16. The van der Waals surface area contributed by atoms with Gasteiger partial charge in [-0.05, 0) is 44.2 Å². The van der Waals surface area contributed by atoms with Crippen molar-refractivity contribution >= 4 is 22.8 Å². The van der Waals surface area contributed by atoms with Crippen molar-refractivity contribution in [1.82, 2.24) is 14.5 Å². The van der Waals surface area contributed by atoms with Crippen LogP contribution in [0.4, 0.5) is 0 Å². The van der Waals surface area contributed by atoms with Gasteiger partial charge in [-0.3, -0.25) is 0 Å². The third-order valence-electron chi connectivity index (χ3n) is 4.21. The van der Waals surface area contributed by atoms with Gasteiger partial charge in [-0.25, -0.2) is 9.97 Å². The van der Waals surface area contributed by atoms with Crippen LogP contribution in [0.1, 0.15) is 43.6 Å². The molecule has 1 fully saturated rings. The van der Waals surface area contributed by atoms with Crippen LogP contribution in [0.5, 0.6) is 0 Å². The van der Waals surface area contributed by atoms with E-state index in [-0.39, 0.29) is 0 Å². The summed E-state index contributed by atoms with van der Waals surface area (Å²) < 4.78 is 2.25. The fraction of sp³-hybridized carbons (Fsp3) is 0.571. The number of aryl methyl sites for hydroxylation is 1. The Morgan fingerprint density at radius 1 is 1.50 bits per heavy atom. The Bertz CT molecular complexity index is 572. The molecular weight excluding hydrogens is 246 g/mol. The van der Waals surface area contributed by atoms with E-state index in [4.69, 9.17) is 11.6 Å². The number of hydrogen-bond donors (Lipinski definition) is 0. The van der Waals surface area contributed by atoms with Crippen LogP contribution in [-0.2, 0) is 5.88 Å². The number of rotatable bonds is 3. The maximum atomic E-state index is 6.05. The minimum Gasteiger partial charge on any atom is -0.309 e. The van der Waals surface area contributed by atoms with Crippen LogP contribution < -0.4 is 0 Å². The predicted molar refractivity (Wildman–Crippen MR) is 73.9 cm³/mol. The van der Waals surface area contributed by atoms with Crippen molar-refractivity contribution in [2.45, 2.75) is 45.0 Å². The quantitative estimate of drug-likeness (QED) is 0.788. The lowest BCUT2D eigenvalue weighted by atomic mass is 9.80. The van der Waals surface area contributed by atoms with E-state index in [1.165, 1.54) is 24.8 Å². The normalized spacial score (nSPS) is 17.9. The van der Waals surface area contributed by atoms with E-state index >= 15 is 0 Å². The van der Waals surface area contributed by atoms with Crippen LogP contribution in [-0.4, -0.2) is 14.5 Å². The van der Waals surface area contributed by atoms with Gasteiger partial charge in [0.1, 0.15) is 11.3 Å². The highest BCUT2D eigenvalue weighted by atomic mass is 35.5. The number of halogens is 1. The highest BCUT2D eigenvalue weighted by Crippen LogP contribution is 2.38. The number of alkyl halides is 1. The zero-order chi connectivity index (χ0) is 12.7. The Labute approximate surface area is 112 Å². The minimum absolute atomic E-state index is 0.451. The summed E-state index contributed by atoms with van der Waals surface area (Å²) in [5.74, 6) is 2.16. The van der Waals surface area contributed by atoms with Crippen molar-refractivity contribution in [3.63, 3.8) is 0 Å². The molecule has 2 aromatic heterocycles. The smallest absolute Gasteiger partial charge is 0.160 e. The van der Waals surface area contributed by atoms with Crippen LogP contribution in [0.2, 0.25) is 0 Å². The van der Waals surface area contributed by atoms with Crippen molar-refractivity contribution < 1.29 is 0 Å². The van der Waals surface area contributed by atoms with Gasteiger partial charge in [-0.2, -0.15) is 0 Å². The largest absolute Gasteiger partial charge is 0.309 e. The van der Waals surface area contributed by atoms with Crippen molar-refractivity contribution in [1.29, 1.82) is 0 Å². The molecule has 0 radical (unpaired) electrons. The molecule has 1 saturated carbocycles. The Balaban J connectivity index is 2.16. The van der Waals surface area contributed by atoms with Gasteiger partial charge in [0.25, 0.3) is 0 Å². The van der Waals surface area contributed by atoms with Crippen LogP contribution in [0.15, 0.2) is 12.3 Å². The zero-order valence-electron chi connectivity index (χ0n) is 10.9. The average Bonchev–Trinajstić information content (AvgIpc) is 2.66. The third kappa shape index (κ3) is 1.72. The van der Waals surface area contributed by atoms with E-state index in [0.29, 0.717) is 11.9 Å². The van der Waals surface area contributed by atoms with E-state index in [2.05, 4.69) is 28.4 Å². The molecule has 0 saturated heterocycles. The molecule has 3 rings (SSSR count). The van der Waals surface area contributed by atoms with Crippen LogP contribution in [0, 0.1) is 12.8 Å². The van der Waals surface area contributed by atoms with Gasteiger partial charge in [0.05, 0.1) is 5.88 Å². The van der Waals surface area contributed by atoms with Gasteiger partial charge in [0.2, 0.25) is 0 Å². The molecule has 1 aliphatic carbocycles. The van der Waals surface area contributed by atoms with Gasteiger partial charge >= 0.3 is 0 Å². The van der Waals surface area contributed by atoms with Crippen molar-refractivity contribution in [3.05, 3.63) is 23.7 Å². The molecule has 1 atom stereocenters. The number of fused-ring (bicyclic) bond motifs is 1. The van der Waals surface area contributed by atoms with Crippen LogP contribution >= 0.6 is 11.6 Å². The van der Waals surface area contributed by atoms with Crippen molar-refractivity contribution in [2.75, 3.05) is 0 Å². The molecule has 0 bridgehead atoms. The maximum absolute atomic E-state index is 6.05. The molecule has 4 heteroatoms. The second-order valence-corrected chi connectivity index (χ2v) is 5.53. The second kappa shape index (κ2) is 4.54. The lowest BCUT2D eigenvalue weighted by molar-refractivity contribution is 0.223. The van der Waals surface area contributed by atoms with Crippen LogP contribution in [0.3, 0.4) is 0 Å². The summed E-state index contributed by atoms with van der Waals surface area (Å²) in [6.07, 6.45) is 5.84. The molecule has 0 N–H and O–H groups in total.